The number of nitrogens with zero attached hydrogens (tertiary/aromatic N) is 3. The Morgan fingerprint density at radius 1 is 1.45 bits per heavy atom. The van der Waals surface area contributed by atoms with Crippen molar-refractivity contribution >= 4 is 11.2 Å². The Morgan fingerprint density at radius 3 is 2.85 bits per heavy atom. The average Bonchev–Trinajstić information content (AvgIpc) is 2.93. The molecule has 2 aromatic rings. The highest BCUT2D eigenvalue weighted by atomic mass is 19.1. The number of aliphatic hydroxyl groups is 3. The number of aromatic amines is 1. The van der Waals surface area contributed by atoms with E-state index in [1.165, 1.54) is 0 Å². The first-order chi connectivity index (χ1) is 9.52. The quantitative estimate of drug-likeness (QED) is 0.463. The van der Waals surface area contributed by atoms with Crippen LogP contribution in [-0.2, 0) is 4.74 Å². The first-order valence-electron chi connectivity index (χ1n) is 5.77. The molecular formula is C10H11FN4O5. The highest BCUT2D eigenvalue weighted by molar-refractivity contribution is 5.69. The molecule has 0 unspecified atom stereocenters. The second-order valence-electron chi connectivity index (χ2n) is 4.41. The van der Waals surface area contributed by atoms with Crippen molar-refractivity contribution in [2.45, 2.75) is 24.5 Å². The number of ether oxygens (including phenoxy) is 1. The summed E-state index contributed by atoms with van der Waals surface area (Å²) in [6, 6.07) is 0. The molecule has 108 valence electrons. The van der Waals surface area contributed by atoms with Crippen LogP contribution >= 0.6 is 0 Å². The first kappa shape index (κ1) is 13.1. The van der Waals surface area contributed by atoms with Crippen LogP contribution < -0.4 is 5.56 Å². The Morgan fingerprint density at radius 2 is 2.20 bits per heavy atom. The fourth-order valence-electron chi connectivity index (χ4n) is 2.20. The molecule has 1 aliphatic heterocycles. The molecule has 4 N–H and O–H groups in total. The molecule has 0 aliphatic carbocycles. The Kier molecular flexibility index (Phi) is 3.01. The topological polar surface area (TPSA) is 133 Å². The standard InChI is InChI=1S/C10H11FN4O5/c11-10-13-7-4(8(19)14-10)12-2-15(7)9-6(18)5(17)3(1-16)20-9/h2-3,5-6,9,16-18H,1H2,(H,13,14,19)/t3-,5+,6+,9+/m0/s1. The van der Waals surface area contributed by atoms with Gasteiger partial charge >= 0.3 is 0 Å². The number of halogens is 1. The summed E-state index contributed by atoms with van der Waals surface area (Å²) < 4.78 is 19.6. The minimum Gasteiger partial charge on any atom is -0.394 e. The molecule has 3 rings (SSSR count). The highest BCUT2D eigenvalue weighted by Crippen LogP contribution is 2.30. The van der Waals surface area contributed by atoms with E-state index in [0.717, 1.165) is 10.9 Å². The van der Waals surface area contributed by atoms with E-state index in [1.807, 2.05) is 4.98 Å². The monoisotopic (exact) mass is 286 g/mol. The van der Waals surface area contributed by atoms with Gasteiger partial charge in [-0.1, -0.05) is 0 Å². The summed E-state index contributed by atoms with van der Waals surface area (Å²) in [4.78, 5) is 20.6. The highest BCUT2D eigenvalue weighted by Gasteiger charge is 2.44. The molecule has 0 saturated carbocycles. The number of imidazole rings is 1. The third kappa shape index (κ3) is 1.81. The molecule has 0 bridgehead atoms. The summed E-state index contributed by atoms with van der Waals surface area (Å²) in [6.45, 7) is -0.496. The van der Waals surface area contributed by atoms with Gasteiger partial charge in [0.1, 0.15) is 18.3 Å². The van der Waals surface area contributed by atoms with Crippen molar-refractivity contribution in [2.75, 3.05) is 6.61 Å². The molecule has 9 nitrogen and oxygen atoms in total. The number of H-pyrrole nitrogens is 1. The van der Waals surface area contributed by atoms with Gasteiger partial charge in [0.25, 0.3) is 11.6 Å². The zero-order valence-electron chi connectivity index (χ0n) is 9.97. The van der Waals surface area contributed by atoms with Crippen LogP contribution in [0.3, 0.4) is 0 Å². The summed E-state index contributed by atoms with van der Waals surface area (Å²) in [5.74, 6) is 0. The van der Waals surface area contributed by atoms with Gasteiger partial charge in [-0.15, -0.1) is 0 Å². The summed E-state index contributed by atoms with van der Waals surface area (Å²) >= 11 is 0. The van der Waals surface area contributed by atoms with Crippen molar-refractivity contribution in [3.05, 3.63) is 22.8 Å². The lowest BCUT2D eigenvalue weighted by atomic mass is 10.1. The van der Waals surface area contributed by atoms with Crippen LogP contribution in [0.1, 0.15) is 6.23 Å². The molecule has 1 saturated heterocycles. The zero-order valence-corrected chi connectivity index (χ0v) is 9.97. The van der Waals surface area contributed by atoms with Crippen LogP contribution in [0.5, 0.6) is 0 Å². The Hall–Kier alpha value is -1.88. The second-order valence-corrected chi connectivity index (χ2v) is 4.41. The molecule has 10 heteroatoms. The minimum absolute atomic E-state index is 0.121. The van der Waals surface area contributed by atoms with E-state index in [1.54, 1.807) is 0 Å². The number of fused-ring (bicyclic) bond motifs is 1. The second kappa shape index (κ2) is 4.59. The van der Waals surface area contributed by atoms with Crippen molar-refractivity contribution in [3.63, 3.8) is 0 Å². The molecule has 0 radical (unpaired) electrons. The maximum absolute atomic E-state index is 13.2. The van der Waals surface area contributed by atoms with Gasteiger partial charge in [0, 0.05) is 0 Å². The van der Waals surface area contributed by atoms with E-state index < -0.39 is 42.8 Å². The smallest absolute Gasteiger partial charge is 0.291 e. The van der Waals surface area contributed by atoms with Crippen molar-refractivity contribution in [3.8, 4) is 0 Å². The predicted octanol–water partition coefficient (Wildman–Crippen LogP) is -2.13. The van der Waals surface area contributed by atoms with Gasteiger partial charge in [0.2, 0.25) is 0 Å². The third-order valence-corrected chi connectivity index (χ3v) is 3.19. The number of hydrogen-bond acceptors (Lipinski definition) is 7. The van der Waals surface area contributed by atoms with Crippen LogP contribution in [0, 0.1) is 6.08 Å². The molecule has 2 aromatic heterocycles. The van der Waals surface area contributed by atoms with E-state index >= 15 is 0 Å². The molecule has 1 aliphatic rings. The van der Waals surface area contributed by atoms with E-state index in [2.05, 4.69) is 9.97 Å². The fraction of sp³-hybridized carbons (Fsp3) is 0.500. The zero-order chi connectivity index (χ0) is 14.4. The Balaban J connectivity index is 2.09. The maximum atomic E-state index is 13.2. The Labute approximate surface area is 110 Å². The molecule has 1 fully saturated rings. The van der Waals surface area contributed by atoms with Gasteiger partial charge in [0.15, 0.2) is 17.4 Å². The summed E-state index contributed by atoms with van der Waals surface area (Å²) in [6.07, 6.45) is -4.74. The van der Waals surface area contributed by atoms with Crippen LogP contribution in [0.25, 0.3) is 11.2 Å². The summed E-state index contributed by atoms with van der Waals surface area (Å²) in [5, 5.41) is 28.6. The Bertz CT molecular complexity index is 701. The van der Waals surface area contributed by atoms with E-state index in [-0.39, 0.29) is 11.2 Å². The van der Waals surface area contributed by atoms with E-state index in [4.69, 9.17) is 9.84 Å². The van der Waals surface area contributed by atoms with Gasteiger partial charge < -0.3 is 20.1 Å². The molecule has 3 heterocycles. The van der Waals surface area contributed by atoms with Gasteiger partial charge in [-0.25, -0.2) is 4.98 Å². The van der Waals surface area contributed by atoms with E-state index in [0.29, 0.717) is 0 Å². The number of hydrogen-bond donors (Lipinski definition) is 4. The summed E-state index contributed by atoms with van der Waals surface area (Å²) in [5.41, 5.74) is -1.01. The lowest BCUT2D eigenvalue weighted by molar-refractivity contribution is -0.0511. The lowest BCUT2D eigenvalue weighted by Gasteiger charge is -2.16. The van der Waals surface area contributed by atoms with Crippen LogP contribution in [-0.4, -0.2) is 59.8 Å². The molecule has 0 aromatic carbocycles. The van der Waals surface area contributed by atoms with Gasteiger partial charge in [-0.3, -0.25) is 14.3 Å². The largest absolute Gasteiger partial charge is 0.394 e. The maximum Gasteiger partial charge on any atom is 0.291 e. The predicted molar refractivity (Wildman–Crippen MR) is 61.1 cm³/mol. The molecular weight excluding hydrogens is 275 g/mol. The normalized spacial score (nSPS) is 30.2. The summed E-state index contributed by atoms with van der Waals surface area (Å²) in [7, 11) is 0. The van der Waals surface area contributed by atoms with Gasteiger partial charge in [-0.05, 0) is 0 Å². The molecule has 0 amide bonds. The average molecular weight is 286 g/mol. The number of aromatic nitrogens is 4. The number of rotatable bonds is 2. The van der Waals surface area contributed by atoms with Crippen molar-refractivity contribution < 1.29 is 24.4 Å². The van der Waals surface area contributed by atoms with Crippen LogP contribution in [0.2, 0.25) is 0 Å². The van der Waals surface area contributed by atoms with Crippen molar-refractivity contribution in [1.82, 2.24) is 19.5 Å². The van der Waals surface area contributed by atoms with Crippen molar-refractivity contribution in [1.29, 1.82) is 0 Å². The molecule has 0 spiro atoms. The lowest BCUT2D eigenvalue weighted by Crippen LogP contribution is -2.33. The van der Waals surface area contributed by atoms with Crippen LogP contribution in [0.4, 0.5) is 4.39 Å². The minimum atomic E-state index is -1.37. The van der Waals surface area contributed by atoms with Crippen molar-refractivity contribution in [2.24, 2.45) is 0 Å². The van der Waals surface area contributed by atoms with Gasteiger partial charge in [-0.2, -0.15) is 9.37 Å². The third-order valence-electron chi connectivity index (χ3n) is 3.19. The number of nitrogens with one attached hydrogen (secondary N) is 1. The van der Waals surface area contributed by atoms with Gasteiger partial charge in [0.05, 0.1) is 12.9 Å². The van der Waals surface area contributed by atoms with Crippen LogP contribution in [0.15, 0.2) is 11.1 Å². The SMILES string of the molecule is O=c1[nH]c(F)nc2c1ncn2[C@@H]1O[C@@H](CO)[C@@H](O)[C@H]1O. The number of aliphatic hydroxyl groups excluding tert-OH is 3. The fourth-order valence-corrected chi connectivity index (χ4v) is 2.20. The molecule has 4 atom stereocenters. The van der Waals surface area contributed by atoms with E-state index in [9.17, 15) is 19.4 Å². The molecule has 20 heavy (non-hydrogen) atoms. The first-order valence-corrected chi connectivity index (χ1v) is 5.77.